The molecule has 0 bridgehead atoms. The first-order valence-electron chi connectivity index (χ1n) is 8.12. The number of aliphatic carboxylic acids is 1. The molecule has 2 N–H and O–H groups in total. The van der Waals surface area contributed by atoms with E-state index in [0.29, 0.717) is 23.7 Å². The fraction of sp³-hybridized carbons (Fsp3) is 0.556. The highest BCUT2D eigenvalue weighted by Gasteiger charge is 2.24. The van der Waals surface area contributed by atoms with Crippen molar-refractivity contribution in [1.29, 1.82) is 0 Å². The number of alkyl carbamates (subject to hydrolysis) is 1. The summed E-state index contributed by atoms with van der Waals surface area (Å²) >= 11 is 0. The summed E-state index contributed by atoms with van der Waals surface area (Å²) in [4.78, 5) is 23.2. The van der Waals surface area contributed by atoms with E-state index < -0.39 is 23.7 Å². The summed E-state index contributed by atoms with van der Waals surface area (Å²) in [6.07, 6.45) is -0.216. The van der Waals surface area contributed by atoms with Gasteiger partial charge in [-0.05, 0) is 51.3 Å². The molecule has 8 nitrogen and oxygen atoms in total. The molecule has 0 spiro atoms. The first-order chi connectivity index (χ1) is 12.1. The van der Waals surface area contributed by atoms with Gasteiger partial charge in [-0.15, -0.1) is 0 Å². The van der Waals surface area contributed by atoms with Crippen LogP contribution in [0, 0.1) is 0 Å². The van der Waals surface area contributed by atoms with Gasteiger partial charge in [-0.3, -0.25) is 0 Å². The average Bonchev–Trinajstić information content (AvgIpc) is 2.55. The number of carboxylic acid groups (broad SMARTS) is 1. The molecule has 0 heterocycles. The molecular weight excluding hydrogens is 342 g/mol. The van der Waals surface area contributed by atoms with E-state index >= 15 is 0 Å². The largest absolute Gasteiger partial charge is 0.493 e. The van der Waals surface area contributed by atoms with Crippen LogP contribution in [0.3, 0.4) is 0 Å². The molecule has 8 heteroatoms. The minimum atomic E-state index is -1.14. The van der Waals surface area contributed by atoms with E-state index in [1.165, 1.54) is 21.3 Å². The lowest BCUT2D eigenvalue weighted by atomic mass is 10.0. The van der Waals surface area contributed by atoms with E-state index in [9.17, 15) is 14.7 Å². The van der Waals surface area contributed by atoms with E-state index in [4.69, 9.17) is 18.9 Å². The van der Waals surface area contributed by atoms with Crippen molar-refractivity contribution >= 4 is 12.1 Å². The molecule has 26 heavy (non-hydrogen) atoms. The number of benzene rings is 1. The van der Waals surface area contributed by atoms with E-state index in [2.05, 4.69) is 5.32 Å². The van der Waals surface area contributed by atoms with Crippen molar-refractivity contribution in [3.8, 4) is 17.2 Å². The Balaban J connectivity index is 2.86. The predicted octanol–water partition coefficient (Wildman–Crippen LogP) is 2.62. The van der Waals surface area contributed by atoms with Gasteiger partial charge >= 0.3 is 12.1 Å². The van der Waals surface area contributed by atoms with Crippen LogP contribution in [0.25, 0.3) is 0 Å². The second-order valence-corrected chi connectivity index (χ2v) is 6.61. The molecule has 0 aliphatic rings. The van der Waals surface area contributed by atoms with Gasteiger partial charge in [0.15, 0.2) is 11.5 Å². The third-order valence-electron chi connectivity index (χ3n) is 3.44. The maximum atomic E-state index is 11.8. The molecule has 1 amide bonds. The Morgan fingerprint density at radius 2 is 1.62 bits per heavy atom. The number of carbonyl (C=O) groups excluding carboxylic acids is 1. The molecule has 1 rings (SSSR count). The molecule has 0 radical (unpaired) electrons. The van der Waals surface area contributed by atoms with E-state index in [1.54, 1.807) is 32.9 Å². The van der Waals surface area contributed by atoms with Crippen LogP contribution in [0.4, 0.5) is 4.79 Å². The Morgan fingerprint density at radius 3 is 2.00 bits per heavy atom. The van der Waals surface area contributed by atoms with Gasteiger partial charge in [0.05, 0.1) is 21.3 Å². The van der Waals surface area contributed by atoms with Gasteiger partial charge in [0.25, 0.3) is 0 Å². The molecule has 1 aromatic rings. The predicted molar refractivity (Wildman–Crippen MR) is 95.2 cm³/mol. The van der Waals surface area contributed by atoms with Crippen molar-refractivity contribution in [2.75, 3.05) is 21.3 Å². The molecule has 1 aromatic carbocycles. The Kier molecular flexibility index (Phi) is 7.55. The Bertz CT molecular complexity index is 612. The number of carbonyl (C=O) groups is 2. The fourth-order valence-electron chi connectivity index (χ4n) is 2.30. The molecule has 0 fully saturated rings. The summed E-state index contributed by atoms with van der Waals surface area (Å²) in [5.41, 5.74) is 0.0841. The topological polar surface area (TPSA) is 103 Å². The number of rotatable bonds is 8. The average molecular weight is 369 g/mol. The van der Waals surface area contributed by atoms with Gasteiger partial charge < -0.3 is 29.4 Å². The summed E-state index contributed by atoms with van der Waals surface area (Å²) in [5.74, 6) is 0.284. The summed E-state index contributed by atoms with van der Waals surface area (Å²) in [5, 5.41) is 11.7. The van der Waals surface area contributed by atoms with Crippen molar-refractivity contribution in [3.63, 3.8) is 0 Å². The molecule has 0 unspecified atom stereocenters. The Morgan fingerprint density at radius 1 is 1.08 bits per heavy atom. The number of nitrogens with one attached hydrogen (secondary N) is 1. The number of aryl methyl sites for hydroxylation is 1. The minimum absolute atomic E-state index is 0.174. The first kappa shape index (κ1) is 21.4. The molecule has 0 saturated carbocycles. The number of hydrogen-bond donors (Lipinski definition) is 2. The summed E-state index contributed by atoms with van der Waals surface area (Å²) in [6.45, 7) is 5.12. The number of amides is 1. The molecule has 0 aliphatic carbocycles. The molecule has 0 saturated heterocycles. The first-order valence-corrected chi connectivity index (χ1v) is 8.12. The summed E-state index contributed by atoms with van der Waals surface area (Å²) in [6, 6.07) is 2.41. The fourth-order valence-corrected chi connectivity index (χ4v) is 2.30. The van der Waals surface area contributed by atoms with Crippen molar-refractivity contribution < 1.29 is 33.6 Å². The third-order valence-corrected chi connectivity index (χ3v) is 3.44. The van der Waals surface area contributed by atoms with E-state index in [0.717, 1.165) is 5.56 Å². The zero-order valence-corrected chi connectivity index (χ0v) is 16.0. The zero-order valence-electron chi connectivity index (χ0n) is 16.0. The van der Waals surface area contributed by atoms with Crippen LogP contribution in [-0.2, 0) is 16.0 Å². The number of carboxylic acids is 1. The van der Waals surface area contributed by atoms with Gasteiger partial charge in [-0.1, -0.05) is 0 Å². The van der Waals surface area contributed by atoms with Crippen LogP contribution >= 0.6 is 0 Å². The summed E-state index contributed by atoms with van der Waals surface area (Å²) in [7, 11) is 4.52. The van der Waals surface area contributed by atoms with E-state index in [-0.39, 0.29) is 6.42 Å². The maximum Gasteiger partial charge on any atom is 0.408 e. The second-order valence-electron chi connectivity index (χ2n) is 6.61. The summed E-state index contributed by atoms with van der Waals surface area (Å²) < 4.78 is 20.9. The van der Waals surface area contributed by atoms with Gasteiger partial charge in [-0.2, -0.15) is 0 Å². The molecule has 0 aromatic heterocycles. The van der Waals surface area contributed by atoms with Crippen LogP contribution in [0.5, 0.6) is 17.2 Å². The van der Waals surface area contributed by atoms with Crippen LogP contribution in [-0.4, -0.2) is 50.1 Å². The molecule has 0 aliphatic heterocycles. The lowest BCUT2D eigenvalue weighted by Gasteiger charge is -2.22. The van der Waals surface area contributed by atoms with Gasteiger partial charge in [0, 0.05) is 0 Å². The molecule has 1 atom stereocenters. The van der Waals surface area contributed by atoms with Crippen LogP contribution in [0.15, 0.2) is 12.1 Å². The lowest BCUT2D eigenvalue weighted by molar-refractivity contribution is -0.139. The number of methoxy groups -OCH3 is 3. The normalized spacial score (nSPS) is 12.1. The lowest BCUT2D eigenvalue weighted by Crippen LogP contribution is -2.43. The van der Waals surface area contributed by atoms with Crippen molar-refractivity contribution in [1.82, 2.24) is 5.32 Å². The molecule has 146 valence electrons. The van der Waals surface area contributed by atoms with Crippen LogP contribution < -0.4 is 19.5 Å². The minimum Gasteiger partial charge on any atom is -0.493 e. The number of ether oxygens (including phenoxy) is 4. The van der Waals surface area contributed by atoms with Gasteiger partial charge in [-0.25, -0.2) is 9.59 Å². The maximum absolute atomic E-state index is 11.8. The highest BCUT2D eigenvalue weighted by atomic mass is 16.6. The Hall–Kier alpha value is -2.64. The van der Waals surface area contributed by atoms with Crippen molar-refractivity contribution in [3.05, 3.63) is 17.7 Å². The van der Waals surface area contributed by atoms with Crippen LogP contribution in [0.2, 0.25) is 0 Å². The van der Waals surface area contributed by atoms with Crippen molar-refractivity contribution in [2.24, 2.45) is 0 Å². The molecular formula is C18H27NO7. The Labute approximate surface area is 153 Å². The quantitative estimate of drug-likeness (QED) is 0.726. The third kappa shape index (κ3) is 6.34. The van der Waals surface area contributed by atoms with Gasteiger partial charge in [0.2, 0.25) is 5.75 Å². The van der Waals surface area contributed by atoms with Gasteiger partial charge in [0.1, 0.15) is 11.6 Å². The second kappa shape index (κ2) is 9.17. The SMILES string of the molecule is COc1cc(CC[C@@H](NC(=O)OC(C)(C)C)C(=O)O)cc(OC)c1OC. The van der Waals surface area contributed by atoms with E-state index in [1.807, 2.05) is 0 Å². The monoisotopic (exact) mass is 369 g/mol. The number of hydrogen-bond acceptors (Lipinski definition) is 6. The highest BCUT2D eigenvalue weighted by Crippen LogP contribution is 2.38. The highest BCUT2D eigenvalue weighted by molar-refractivity contribution is 5.80. The van der Waals surface area contributed by atoms with Crippen molar-refractivity contribution in [2.45, 2.75) is 45.3 Å². The standard InChI is InChI=1S/C18H27NO7/c1-18(2,3)26-17(22)19-12(16(20)21)8-7-11-9-13(23-4)15(25-6)14(10-11)24-5/h9-10,12H,7-8H2,1-6H3,(H,19,22)(H,20,21)/t12-/m1/s1. The smallest absolute Gasteiger partial charge is 0.408 e. The van der Waals surface area contributed by atoms with Crippen LogP contribution in [0.1, 0.15) is 32.8 Å². The zero-order chi connectivity index (χ0) is 19.9.